The highest BCUT2D eigenvalue weighted by atomic mass is 32.2. The van der Waals surface area contributed by atoms with Crippen molar-refractivity contribution in [2.45, 2.75) is 109 Å². The van der Waals surface area contributed by atoms with Gasteiger partial charge in [-0.25, -0.2) is 0 Å². The third-order valence-electron chi connectivity index (χ3n) is 9.06. The third-order valence-corrected chi connectivity index (χ3v) is 10.7. The van der Waals surface area contributed by atoms with Gasteiger partial charge in [-0.1, -0.05) is 46.0 Å². The normalized spacial score (nSPS) is 46.8. The lowest BCUT2D eigenvalue weighted by Crippen LogP contribution is -2.34. The van der Waals surface area contributed by atoms with Crippen LogP contribution in [0.3, 0.4) is 0 Å². The van der Waals surface area contributed by atoms with Crippen molar-refractivity contribution in [3.8, 4) is 0 Å². The van der Waals surface area contributed by atoms with Crippen molar-refractivity contribution in [1.29, 1.82) is 0 Å². The summed E-state index contributed by atoms with van der Waals surface area (Å²) in [6.45, 7) is 4.87. The maximum Gasteiger partial charge on any atom is 0.00785 e. The lowest BCUT2D eigenvalue weighted by molar-refractivity contribution is 0.0941. The maximum atomic E-state index is 2.50. The standard InChI is InChI=1S/C25H44S/c1-3-4-7-23-17-26-25-14-13-22(16-24(23)25)20-11-9-19(10-12-20)21-8-5-6-18(2)15-21/h18-25H,3-17H2,1-2H3. The Labute approximate surface area is 168 Å². The molecular weight excluding hydrogens is 332 g/mol. The van der Waals surface area contributed by atoms with Gasteiger partial charge in [-0.2, -0.15) is 11.8 Å². The van der Waals surface area contributed by atoms with Crippen LogP contribution in [0, 0.1) is 41.4 Å². The van der Waals surface area contributed by atoms with Crippen LogP contribution in [-0.2, 0) is 0 Å². The Bertz CT molecular complexity index is 424. The summed E-state index contributed by atoms with van der Waals surface area (Å²) >= 11 is 2.35. The largest absolute Gasteiger partial charge is 0.158 e. The minimum atomic E-state index is 1.02. The summed E-state index contributed by atoms with van der Waals surface area (Å²) in [5.74, 6) is 9.09. The van der Waals surface area contributed by atoms with Crippen LogP contribution in [0.1, 0.15) is 104 Å². The lowest BCUT2D eigenvalue weighted by Gasteiger charge is -2.43. The first-order chi connectivity index (χ1) is 12.7. The SMILES string of the molecule is CCCCC1CSC2CCC(C3CCC(C4CCCC(C)C4)CC3)CC12. The summed E-state index contributed by atoms with van der Waals surface area (Å²) in [6.07, 6.45) is 21.6. The fraction of sp³-hybridized carbons (Fsp3) is 1.00. The molecule has 1 saturated heterocycles. The summed E-state index contributed by atoms with van der Waals surface area (Å²) < 4.78 is 0. The quantitative estimate of drug-likeness (QED) is 0.469. The second-order valence-electron chi connectivity index (χ2n) is 10.7. The van der Waals surface area contributed by atoms with E-state index >= 15 is 0 Å². The summed E-state index contributed by atoms with van der Waals surface area (Å²) in [5.41, 5.74) is 0. The van der Waals surface area contributed by atoms with Crippen LogP contribution >= 0.6 is 11.8 Å². The van der Waals surface area contributed by atoms with Gasteiger partial charge in [-0.05, 0) is 105 Å². The molecule has 0 aromatic rings. The molecule has 1 heterocycles. The van der Waals surface area contributed by atoms with Crippen molar-refractivity contribution in [3.63, 3.8) is 0 Å². The van der Waals surface area contributed by atoms with Gasteiger partial charge in [0.05, 0.1) is 0 Å². The molecule has 0 bridgehead atoms. The van der Waals surface area contributed by atoms with Crippen LogP contribution in [0.4, 0.5) is 0 Å². The summed E-state index contributed by atoms with van der Waals surface area (Å²) in [7, 11) is 0. The van der Waals surface area contributed by atoms with Gasteiger partial charge in [0.2, 0.25) is 0 Å². The molecule has 0 radical (unpaired) electrons. The Morgan fingerprint density at radius 1 is 0.769 bits per heavy atom. The van der Waals surface area contributed by atoms with Crippen LogP contribution in [-0.4, -0.2) is 11.0 Å². The average Bonchev–Trinajstić information content (AvgIpc) is 3.09. The number of hydrogen-bond donors (Lipinski definition) is 0. The highest BCUT2D eigenvalue weighted by molar-refractivity contribution is 8.00. The van der Waals surface area contributed by atoms with Gasteiger partial charge in [-0.3, -0.25) is 0 Å². The molecule has 4 rings (SSSR count). The zero-order chi connectivity index (χ0) is 17.9. The molecule has 4 aliphatic rings. The minimum Gasteiger partial charge on any atom is -0.158 e. The van der Waals surface area contributed by atoms with E-state index in [1.54, 1.807) is 57.8 Å². The summed E-state index contributed by atoms with van der Waals surface area (Å²) in [6, 6.07) is 0. The molecule has 1 aliphatic heterocycles. The fourth-order valence-electron chi connectivity index (χ4n) is 7.47. The van der Waals surface area contributed by atoms with Crippen molar-refractivity contribution < 1.29 is 0 Å². The topological polar surface area (TPSA) is 0 Å². The van der Waals surface area contributed by atoms with Crippen LogP contribution < -0.4 is 0 Å². The maximum absolute atomic E-state index is 2.50. The molecule has 6 atom stereocenters. The number of fused-ring (bicyclic) bond motifs is 1. The Balaban J connectivity index is 1.26. The average molecular weight is 377 g/mol. The first kappa shape index (κ1) is 19.7. The number of rotatable bonds is 5. The molecule has 3 aliphatic carbocycles. The first-order valence-corrected chi connectivity index (χ1v) is 13.4. The van der Waals surface area contributed by atoms with E-state index in [9.17, 15) is 0 Å². The van der Waals surface area contributed by atoms with E-state index in [0.717, 1.165) is 46.7 Å². The Morgan fingerprint density at radius 3 is 2.15 bits per heavy atom. The minimum absolute atomic E-state index is 1.02. The molecule has 0 nitrogen and oxygen atoms in total. The Kier molecular flexibility index (Phi) is 6.98. The zero-order valence-corrected chi connectivity index (χ0v) is 18.5. The lowest BCUT2D eigenvalue weighted by atomic mass is 9.63. The highest BCUT2D eigenvalue weighted by Gasteiger charge is 2.43. The predicted molar refractivity (Wildman–Crippen MR) is 117 cm³/mol. The molecule has 0 aromatic carbocycles. The summed E-state index contributed by atoms with van der Waals surface area (Å²) in [4.78, 5) is 0. The monoisotopic (exact) mass is 376 g/mol. The van der Waals surface area contributed by atoms with Gasteiger partial charge >= 0.3 is 0 Å². The van der Waals surface area contributed by atoms with Gasteiger partial charge in [0.1, 0.15) is 0 Å². The number of unbranched alkanes of at least 4 members (excludes halogenated alkanes) is 1. The molecule has 6 unspecified atom stereocenters. The molecule has 0 N–H and O–H groups in total. The predicted octanol–water partition coefficient (Wildman–Crippen LogP) is 7.96. The van der Waals surface area contributed by atoms with Crippen LogP contribution in [0.15, 0.2) is 0 Å². The van der Waals surface area contributed by atoms with E-state index in [1.807, 2.05) is 0 Å². The molecule has 0 spiro atoms. The molecule has 0 aromatic heterocycles. The second kappa shape index (κ2) is 9.23. The van der Waals surface area contributed by atoms with E-state index in [0.29, 0.717) is 0 Å². The smallest absolute Gasteiger partial charge is 0.00785 e. The molecule has 0 amide bonds. The van der Waals surface area contributed by atoms with Crippen molar-refractivity contribution in [1.82, 2.24) is 0 Å². The van der Waals surface area contributed by atoms with Crippen LogP contribution in [0.2, 0.25) is 0 Å². The Morgan fingerprint density at radius 2 is 1.46 bits per heavy atom. The van der Waals surface area contributed by atoms with Crippen molar-refractivity contribution in [2.24, 2.45) is 41.4 Å². The Hall–Kier alpha value is 0.350. The van der Waals surface area contributed by atoms with Crippen molar-refractivity contribution in [3.05, 3.63) is 0 Å². The molecule has 4 fully saturated rings. The molecule has 3 saturated carbocycles. The van der Waals surface area contributed by atoms with Gasteiger partial charge in [0, 0.05) is 5.25 Å². The first-order valence-electron chi connectivity index (χ1n) is 12.4. The van der Waals surface area contributed by atoms with E-state index in [-0.39, 0.29) is 0 Å². The number of thioether (sulfide) groups is 1. The van der Waals surface area contributed by atoms with E-state index < -0.39 is 0 Å². The third kappa shape index (κ3) is 4.49. The van der Waals surface area contributed by atoms with Gasteiger partial charge in [0.25, 0.3) is 0 Å². The van der Waals surface area contributed by atoms with E-state index in [2.05, 4.69) is 25.6 Å². The van der Waals surface area contributed by atoms with Crippen LogP contribution in [0.5, 0.6) is 0 Å². The number of hydrogen-bond acceptors (Lipinski definition) is 1. The summed E-state index contributed by atoms with van der Waals surface area (Å²) in [5, 5.41) is 1.05. The van der Waals surface area contributed by atoms with E-state index in [1.165, 1.54) is 37.9 Å². The molecule has 26 heavy (non-hydrogen) atoms. The molecule has 1 heteroatoms. The molecule has 150 valence electrons. The van der Waals surface area contributed by atoms with Gasteiger partial charge in [0.15, 0.2) is 0 Å². The van der Waals surface area contributed by atoms with Gasteiger partial charge in [-0.15, -0.1) is 0 Å². The highest BCUT2D eigenvalue weighted by Crippen LogP contribution is 2.52. The van der Waals surface area contributed by atoms with E-state index in [4.69, 9.17) is 0 Å². The second-order valence-corrected chi connectivity index (χ2v) is 12.0. The van der Waals surface area contributed by atoms with Crippen molar-refractivity contribution in [2.75, 3.05) is 5.75 Å². The molecular formula is C25H44S. The zero-order valence-electron chi connectivity index (χ0n) is 17.6. The van der Waals surface area contributed by atoms with Gasteiger partial charge < -0.3 is 0 Å². The van der Waals surface area contributed by atoms with Crippen LogP contribution in [0.25, 0.3) is 0 Å². The fourth-order valence-corrected chi connectivity index (χ4v) is 9.27. The van der Waals surface area contributed by atoms with Crippen molar-refractivity contribution >= 4 is 11.8 Å².